The first-order chi connectivity index (χ1) is 15.8. The summed E-state index contributed by atoms with van der Waals surface area (Å²) in [6.07, 6.45) is 6.15. The van der Waals surface area contributed by atoms with E-state index in [1.165, 1.54) is 11.1 Å². The van der Waals surface area contributed by atoms with E-state index in [9.17, 15) is 9.59 Å². The maximum Gasteiger partial charge on any atom is 0.242 e. The molecule has 2 amide bonds. The van der Waals surface area contributed by atoms with E-state index in [1.54, 1.807) is 4.90 Å². The van der Waals surface area contributed by atoms with E-state index in [2.05, 4.69) is 75.7 Å². The number of amides is 2. The number of carbonyl (C=O) groups is 2. The Bertz CT molecular complexity index is 889. The first kappa shape index (κ1) is 26.7. The molecule has 5 heteroatoms. The number of aryl methyl sites for hydroxylation is 1. The number of unbranched alkanes of at least 4 members (excludes halogenated alkanes) is 1. The van der Waals surface area contributed by atoms with Crippen LogP contribution in [0.25, 0.3) is 0 Å². The molecular weight excluding hydrogens is 410 g/mol. The van der Waals surface area contributed by atoms with E-state index < -0.39 is 0 Å². The highest BCUT2D eigenvalue weighted by molar-refractivity contribution is 5.85. The molecule has 1 aromatic heterocycles. The minimum Gasteiger partial charge on any atom is -0.345 e. The lowest BCUT2D eigenvalue weighted by Crippen LogP contribution is -2.48. The molecule has 0 saturated heterocycles. The predicted octanol–water partition coefficient (Wildman–Crippen LogP) is 5.79. The van der Waals surface area contributed by atoms with Gasteiger partial charge in [-0.05, 0) is 63.3 Å². The van der Waals surface area contributed by atoms with E-state index >= 15 is 0 Å². The maximum atomic E-state index is 13.5. The minimum absolute atomic E-state index is 0.0261. The topological polar surface area (TPSA) is 45.6 Å². The van der Waals surface area contributed by atoms with Gasteiger partial charge < -0.3 is 14.4 Å². The number of aromatic nitrogens is 1. The fraction of sp³-hybridized carbons (Fsp3) is 0.571. The lowest BCUT2D eigenvalue weighted by molar-refractivity contribution is -0.144. The van der Waals surface area contributed by atoms with Crippen molar-refractivity contribution in [3.05, 3.63) is 59.4 Å². The van der Waals surface area contributed by atoms with Gasteiger partial charge in [0.2, 0.25) is 11.8 Å². The summed E-state index contributed by atoms with van der Waals surface area (Å²) >= 11 is 0. The molecule has 0 fully saturated rings. The van der Waals surface area contributed by atoms with Gasteiger partial charge in [0, 0.05) is 36.9 Å². The molecule has 0 bridgehead atoms. The summed E-state index contributed by atoms with van der Waals surface area (Å²) in [5.74, 6) is 0.115. The standard InChI is InChI=1S/C28H43N3O2/c1-7-10-17-27(32)31(24(6)9-3)21-28(33)30(23(5)8-2)20-26-16-13-18-29(26)19-25-15-12-11-14-22(25)4/h11-16,18,23-24H,7-10,17,19-21H2,1-6H3. The van der Waals surface area contributed by atoms with Crippen LogP contribution in [0.1, 0.15) is 83.5 Å². The largest absolute Gasteiger partial charge is 0.345 e. The van der Waals surface area contributed by atoms with E-state index in [1.807, 2.05) is 17.9 Å². The normalized spacial score (nSPS) is 12.9. The molecule has 5 nitrogen and oxygen atoms in total. The van der Waals surface area contributed by atoms with Gasteiger partial charge in [-0.3, -0.25) is 9.59 Å². The van der Waals surface area contributed by atoms with E-state index in [0.29, 0.717) is 13.0 Å². The Hall–Kier alpha value is -2.56. The van der Waals surface area contributed by atoms with Crippen LogP contribution in [0.15, 0.2) is 42.6 Å². The SMILES string of the molecule is CCCCC(=O)N(CC(=O)N(Cc1cccn1Cc1ccccc1C)C(C)CC)C(C)CC. The van der Waals surface area contributed by atoms with E-state index in [4.69, 9.17) is 0 Å². The molecule has 2 aromatic rings. The monoisotopic (exact) mass is 453 g/mol. The van der Waals surface area contributed by atoms with Crippen molar-refractivity contribution in [1.82, 2.24) is 14.4 Å². The van der Waals surface area contributed by atoms with Crippen LogP contribution in [0, 0.1) is 6.92 Å². The highest BCUT2D eigenvalue weighted by Gasteiger charge is 2.27. The van der Waals surface area contributed by atoms with Crippen LogP contribution in [0.3, 0.4) is 0 Å². The Balaban J connectivity index is 2.21. The second-order valence-electron chi connectivity index (χ2n) is 9.22. The molecule has 0 spiro atoms. The van der Waals surface area contributed by atoms with Gasteiger partial charge in [0.15, 0.2) is 0 Å². The highest BCUT2D eigenvalue weighted by Crippen LogP contribution is 2.17. The molecule has 33 heavy (non-hydrogen) atoms. The predicted molar refractivity (Wildman–Crippen MR) is 136 cm³/mol. The van der Waals surface area contributed by atoms with Crippen molar-refractivity contribution < 1.29 is 9.59 Å². The van der Waals surface area contributed by atoms with Crippen LogP contribution in [-0.4, -0.2) is 44.8 Å². The van der Waals surface area contributed by atoms with Crippen molar-refractivity contribution in [3.8, 4) is 0 Å². The van der Waals surface area contributed by atoms with Crippen molar-refractivity contribution in [3.63, 3.8) is 0 Å². The fourth-order valence-corrected chi connectivity index (χ4v) is 4.02. The van der Waals surface area contributed by atoms with E-state index in [0.717, 1.165) is 37.9 Å². The fourth-order valence-electron chi connectivity index (χ4n) is 4.02. The average molecular weight is 454 g/mol. The van der Waals surface area contributed by atoms with Crippen LogP contribution in [0.2, 0.25) is 0 Å². The van der Waals surface area contributed by atoms with E-state index in [-0.39, 0.29) is 30.4 Å². The number of hydrogen-bond acceptors (Lipinski definition) is 2. The Morgan fingerprint density at radius 1 is 0.909 bits per heavy atom. The number of hydrogen-bond donors (Lipinski definition) is 0. The van der Waals surface area contributed by atoms with Gasteiger partial charge in [0.1, 0.15) is 6.54 Å². The molecule has 0 saturated carbocycles. The second-order valence-corrected chi connectivity index (χ2v) is 9.22. The first-order valence-corrected chi connectivity index (χ1v) is 12.6. The van der Waals surface area contributed by atoms with Crippen LogP contribution < -0.4 is 0 Å². The third-order valence-electron chi connectivity index (χ3n) is 6.79. The average Bonchev–Trinajstić information content (AvgIpc) is 3.26. The van der Waals surface area contributed by atoms with Gasteiger partial charge in [-0.1, -0.05) is 51.5 Å². The summed E-state index contributed by atoms with van der Waals surface area (Å²) in [7, 11) is 0. The number of nitrogens with zero attached hydrogens (tertiary/aromatic N) is 3. The van der Waals surface area contributed by atoms with Gasteiger partial charge in [-0.25, -0.2) is 0 Å². The molecule has 0 radical (unpaired) electrons. The summed E-state index contributed by atoms with van der Waals surface area (Å²) in [5.41, 5.74) is 3.65. The third kappa shape index (κ3) is 7.48. The number of carbonyl (C=O) groups excluding carboxylic acids is 2. The summed E-state index contributed by atoms with van der Waals surface area (Å²) in [5, 5.41) is 0. The summed E-state index contributed by atoms with van der Waals surface area (Å²) in [4.78, 5) is 30.1. The quantitative estimate of drug-likeness (QED) is 0.385. The Morgan fingerprint density at radius 3 is 2.21 bits per heavy atom. The minimum atomic E-state index is 0.0261. The zero-order chi connectivity index (χ0) is 24.4. The lowest BCUT2D eigenvalue weighted by atomic mass is 10.1. The summed E-state index contributed by atoms with van der Waals surface area (Å²) in [6, 6.07) is 12.7. The molecule has 0 N–H and O–H groups in total. The molecule has 0 aliphatic carbocycles. The molecule has 1 aromatic carbocycles. The first-order valence-electron chi connectivity index (χ1n) is 12.6. The zero-order valence-electron chi connectivity index (χ0n) is 21.5. The molecule has 2 rings (SSSR count). The second kappa shape index (κ2) is 13.2. The zero-order valence-corrected chi connectivity index (χ0v) is 21.5. The van der Waals surface area contributed by atoms with Gasteiger partial charge >= 0.3 is 0 Å². The Morgan fingerprint density at radius 2 is 1.58 bits per heavy atom. The van der Waals surface area contributed by atoms with Crippen molar-refractivity contribution in [2.24, 2.45) is 0 Å². The summed E-state index contributed by atoms with van der Waals surface area (Å²) in [6.45, 7) is 14.0. The van der Waals surface area contributed by atoms with Crippen LogP contribution in [0.4, 0.5) is 0 Å². The third-order valence-corrected chi connectivity index (χ3v) is 6.79. The van der Waals surface area contributed by atoms with Crippen molar-refractivity contribution in [2.45, 2.75) is 98.8 Å². The van der Waals surface area contributed by atoms with Crippen molar-refractivity contribution in [2.75, 3.05) is 6.54 Å². The number of benzene rings is 1. The molecular formula is C28H43N3O2. The van der Waals surface area contributed by atoms with Crippen LogP contribution in [-0.2, 0) is 22.7 Å². The lowest BCUT2D eigenvalue weighted by Gasteiger charge is -2.34. The van der Waals surface area contributed by atoms with Crippen molar-refractivity contribution >= 4 is 11.8 Å². The summed E-state index contributed by atoms with van der Waals surface area (Å²) < 4.78 is 2.23. The van der Waals surface area contributed by atoms with Gasteiger partial charge in [-0.2, -0.15) is 0 Å². The Labute approximate surface area is 200 Å². The molecule has 2 unspecified atom stereocenters. The number of rotatable bonds is 13. The Kier molecular flexibility index (Phi) is 10.7. The smallest absolute Gasteiger partial charge is 0.242 e. The van der Waals surface area contributed by atoms with Crippen molar-refractivity contribution in [1.29, 1.82) is 0 Å². The molecule has 182 valence electrons. The van der Waals surface area contributed by atoms with Gasteiger partial charge in [0.05, 0.1) is 6.54 Å². The van der Waals surface area contributed by atoms with Gasteiger partial charge in [-0.15, -0.1) is 0 Å². The van der Waals surface area contributed by atoms with Crippen LogP contribution in [0.5, 0.6) is 0 Å². The van der Waals surface area contributed by atoms with Crippen LogP contribution >= 0.6 is 0 Å². The maximum absolute atomic E-state index is 13.5. The highest BCUT2D eigenvalue weighted by atomic mass is 16.2. The molecule has 2 atom stereocenters. The molecule has 1 heterocycles. The molecule has 0 aliphatic heterocycles. The molecule has 0 aliphatic rings. The van der Waals surface area contributed by atoms with Gasteiger partial charge in [0.25, 0.3) is 0 Å².